The molecule has 0 amide bonds. The first-order chi connectivity index (χ1) is 12.1. The summed E-state index contributed by atoms with van der Waals surface area (Å²) in [5.74, 6) is -11.0. The van der Waals surface area contributed by atoms with Gasteiger partial charge in [0.25, 0.3) is 0 Å². The van der Waals surface area contributed by atoms with Crippen molar-refractivity contribution in [2.75, 3.05) is 13.2 Å². The topological polar surface area (TPSA) is 18.5 Å². The molecule has 156 valence electrons. The molecule has 1 aliphatic rings. The maximum atomic E-state index is 13.1. The van der Waals surface area contributed by atoms with Crippen molar-refractivity contribution in [1.82, 2.24) is 0 Å². The summed E-state index contributed by atoms with van der Waals surface area (Å²) in [7, 11) is 0. The molecule has 0 spiro atoms. The van der Waals surface area contributed by atoms with Crippen LogP contribution in [0.3, 0.4) is 0 Å². The summed E-state index contributed by atoms with van der Waals surface area (Å²) in [5, 5.41) is 0. The van der Waals surface area contributed by atoms with Gasteiger partial charge in [-0.25, -0.2) is 0 Å². The molecule has 2 nitrogen and oxygen atoms in total. The molecule has 1 heterocycles. The summed E-state index contributed by atoms with van der Waals surface area (Å²) in [6.45, 7) is 1.31. The van der Waals surface area contributed by atoms with Gasteiger partial charge in [-0.15, -0.1) is 0 Å². The minimum atomic E-state index is -6.23. The molecule has 0 bridgehead atoms. The Morgan fingerprint density at radius 1 is 0.769 bits per heavy atom. The van der Waals surface area contributed by atoms with Gasteiger partial charge in [0.1, 0.15) is 0 Å². The van der Waals surface area contributed by atoms with Crippen LogP contribution in [-0.2, 0) is 9.47 Å². The monoisotopic (exact) mass is 396 g/mol. The molecule has 0 aromatic carbocycles. The van der Waals surface area contributed by atoms with Crippen LogP contribution in [0.15, 0.2) is 0 Å². The number of rotatable bonds is 12. The van der Waals surface area contributed by atoms with E-state index in [-0.39, 0.29) is 19.1 Å². The highest BCUT2D eigenvalue weighted by Gasteiger charge is 2.72. The van der Waals surface area contributed by atoms with Gasteiger partial charge in [0.2, 0.25) is 0 Å². The lowest BCUT2D eigenvalue weighted by atomic mass is 10.0. The molecule has 1 atom stereocenters. The maximum Gasteiger partial charge on any atom is 0.459 e. The van der Waals surface area contributed by atoms with Crippen molar-refractivity contribution in [3.05, 3.63) is 0 Å². The molecule has 0 saturated carbocycles. The highest BCUT2D eigenvalue weighted by atomic mass is 19.4. The first-order valence-corrected chi connectivity index (χ1v) is 9.13. The predicted octanol–water partition coefficient (Wildman–Crippen LogP) is 6.48. The van der Waals surface area contributed by atoms with Crippen LogP contribution < -0.4 is 0 Å². The van der Waals surface area contributed by atoms with Crippen LogP contribution in [-0.4, -0.2) is 37.5 Å². The van der Waals surface area contributed by atoms with Gasteiger partial charge in [-0.05, 0) is 32.1 Å². The number of ether oxygens (including phenoxy) is 2. The van der Waals surface area contributed by atoms with Crippen molar-refractivity contribution in [2.24, 2.45) is 0 Å². The first kappa shape index (κ1) is 23.5. The van der Waals surface area contributed by atoms with Crippen LogP contribution in [0.4, 0.5) is 30.7 Å². The molecule has 0 aromatic heterocycles. The number of hydrogen-bond acceptors (Lipinski definition) is 2. The van der Waals surface area contributed by atoms with E-state index >= 15 is 0 Å². The molecule has 0 radical (unpaired) electrons. The van der Waals surface area contributed by atoms with E-state index in [1.165, 1.54) is 0 Å². The number of halogens is 7. The Kier molecular flexibility index (Phi) is 9.64. The van der Waals surface area contributed by atoms with Crippen molar-refractivity contribution in [3.8, 4) is 0 Å². The van der Waals surface area contributed by atoms with Gasteiger partial charge in [-0.3, -0.25) is 0 Å². The maximum absolute atomic E-state index is 13.1. The van der Waals surface area contributed by atoms with E-state index in [4.69, 9.17) is 9.47 Å². The van der Waals surface area contributed by atoms with E-state index in [0.717, 1.165) is 51.6 Å². The third-order valence-corrected chi connectivity index (χ3v) is 4.39. The minimum absolute atomic E-state index is 0.125. The van der Waals surface area contributed by atoms with Gasteiger partial charge >= 0.3 is 18.0 Å². The molecule has 1 unspecified atom stereocenters. The van der Waals surface area contributed by atoms with Gasteiger partial charge < -0.3 is 9.47 Å². The fourth-order valence-corrected chi connectivity index (χ4v) is 2.75. The highest BCUT2D eigenvalue weighted by molar-refractivity contribution is 4.90. The van der Waals surface area contributed by atoms with E-state index in [1.54, 1.807) is 0 Å². The zero-order valence-corrected chi connectivity index (χ0v) is 14.7. The van der Waals surface area contributed by atoms with E-state index in [0.29, 0.717) is 13.0 Å². The third kappa shape index (κ3) is 7.58. The van der Waals surface area contributed by atoms with Gasteiger partial charge in [0.05, 0.1) is 0 Å². The summed E-state index contributed by atoms with van der Waals surface area (Å²) < 4.78 is 98.4. The smallest absolute Gasteiger partial charge is 0.353 e. The quantitative estimate of drug-likeness (QED) is 0.278. The van der Waals surface area contributed by atoms with Crippen LogP contribution in [0, 0.1) is 0 Å². The van der Waals surface area contributed by atoms with Gasteiger partial charge in [-0.1, -0.05) is 32.1 Å². The molecule has 0 N–H and O–H groups in total. The molecule has 0 aliphatic carbocycles. The summed E-state index contributed by atoms with van der Waals surface area (Å²) in [6, 6.07) is 0. The van der Waals surface area contributed by atoms with Crippen LogP contribution >= 0.6 is 0 Å². The Labute approximate surface area is 149 Å². The summed E-state index contributed by atoms with van der Waals surface area (Å²) in [6.07, 6.45) is -1.11. The number of hydrogen-bond donors (Lipinski definition) is 0. The van der Waals surface area contributed by atoms with Crippen molar-refractivity contribution in [1.29, 1.82) is 0 Å². The summed E-state index contributed by atoms with van der Waals surface area (Å²) >= 11 is 0. The molecular formula is C17H27F7O2. The zero-order valence-electron chi connectivity index (χ0n) is 14.7. The van der Waals surface area contributed by atoms with E-state index in [1.807, 2.05) is 0 Å². The van der Waals surface area contributed by atoms with Crippen molar-refractivity contribution in [3.63, 3.8) is 0 Å². The average molecular weight is 396 g/mol. The Hall–Kier alpha value is -0.570. The SMILES string of the molecule is FC(F)(F)C(F)(F)C(F)(F)CCCCCCCCCOC1CCCCO1. The molecule has 1 aliphatic heterocycles. The van der Waals surface area contributed by atoms with E-state index in [9.17, 15) is 30.7 Å². The average Bonchev–Trinajstić information content (AvgIpc) is 2.56. The summed E-state index contributed by atoms with van der Waals surface area (Å²) in [5.41, 5.74) is 0. The van der Waals surface area contributed by atoms with Crippen LogP contribution in [0.1, 0.15) is 70.6 Å². The van der Waals surface area contributed by atoms with Crippen LogP contribution in [0.5, 0.6) is 0 Å². The second-order valence-corrected chi connectivity index (χ2v) is 6.67. The van der Waals surface area contributed by atoms with Crippen molar-refractivity contribution < 1.29 is 40.2 Å². The van der Waals surface area contributed by atoms with Crippen LogP contribution in [0.25, 0.3) is 0 Å². The van der Waals surface area contributed by atoms with Crippen LogP contribution in [0.2, 0.25) is 0 Å². The zero-order chi connectivity index (χ0) is 19.7. The second-order valence-electron chi connectivity index (χ2n) is 6.67. The molecule has 0 aromatic rings. The minimum Gasteiger partial charge on any atom is -0.353 e. The van der Waals surface area contributed by atoms with Crippen molar-refractivity contribution >= 4 is 0 Å². The first-order valence-electron chi connectivity index (χ1n) is 9.13. The third-order valence-electron chi connectivity index (χ3n) is 4.39. The highest BCUT2D eigenvalue weighted by Crippen LogP contribution is 2.48. The second kappa shape index (κ2) is 10.7. The lowest BCUT2D eigenvalue weighted by Crippen LogP contribution is -2.51. The lowest BCUT2D eigenvalue weighted by molar-refractivity contribution is -0.355. The molecule has 1 saturated heterocycles. The predicted molar refractivity (Wildman–Crippen MR) is 82.4 cm³/mol. The Morgan fingerprint density at radius 2 is 1.35 bits per heavy atom. The largest absolute Gasteiger partial charge is 0.459 e. The Bertz CT molecular complexity index is 380. The molecular weight excluding hydrogens is 369 g/mol. The fraction of sp³-hybridized carbons (Fsp3) is 1.00. The van der Waals surface area contributed by atoms with Gasteiger partial charge in [0.15, 0.2) is 6.29 Å². The Morgan fingerprint density at radius 3 is 1.88 bits per heavy atom. The van der Waals surface area contributed by atoms with Crippen molar-refractivity contribution in [2.45, 2.75) is 94.9 Å². The van der Waals surface area contributed by atoms with E-state index < -0.39 is 24.4 Å². The van der Waals surface area contributed by atoms with E-state index in [2.05, 4.69) is 0 Å². The van der Waals surface area contributed by atoms with Gasteiger partial charge in [0, 0.05) is 19.6 Å². The molecule has 9 heteroatoms. The summed E-state index contributed by atoms with van der Waals surface area (Å²) in [4.78, 5) is 0. The number of unbranched alkanes of at least 4 members (excludes halogenated alkanes) is 6. The Balaban J connectivity index is 2.00. The molecule has 1 fully saturated rings. The fourth-order valence-electron chi connectivity index (χ4n) is 2.75. The lowest BCUT2D eigenvalue weighted by Gasteiger charge is -2.28. The normalized spacial score (nSPS) is 19.7. The number of alkyl halides is 7. The molecule has 26 heavy (non-hydrogen) atoms. The van der Waals surface area contributed by atoms with Gasteiger partial charge in [-0.2, -0.15) is 30.7 Å². The standard InChI is InChI=1S/C17H27F7O2/c18-15(19,16(20,21)17(22,23)24)11-7-4-2-1-3-5-8-12-25-14-10-6-9-13-26-14/h14H,1-13H2. The molecule has 1 rings (SSSR count).